The molecule has 2 atom stereocenters. The molecule has 0 aromatic rings. The molecule has 0 heterocycles. The van der Waals surface area contributed by atoms with Crippen molar-refractivity contribution in [2.24, 2.45) is 11.3 Å². The van der Waals surface area contributed by atoms with E-state index in [0.717, 1.165) is 38.5 Å². The molecule has 2 amide bonds. The van der Waals surface area contributed by atoms with E-state index in [2.05, 4.69) is 5.32 Å². The highest BCUT2D eigenvalue weighted by molar-refractivity contribution is 5.86. The maximum atomic E-state index is 12.7. The summed E-state index contributed by atoms with van der Waals surface area (Å²) in [4.78, 5) is 36.1. The van der Waals surface area contributed by atoms with Gasteiger partial charge in [-0.2, -0.15) is 0 Å². The Morgan fingerprint density at radius 2 is 1.92 bits per heavy atom. The Kier molecular flexibility index (Phi) is 9.05. The first-order valence-corrected chi connectivity index (χ1v) is 9.60. The first-order chi connectivity index (χ1) is 12.2. The number of carbonyl (C=O) groups is 3. The predicted molar refractivity (Wildman–Crippen MR) is 97.3 cm³/mol. The molecule has 1 rings (SSSR count). The van der Waals surface area contributed by atoms with Crippen LogP contribution in [0.25, 0.3) is 0 Å². The molecule has 0 radical (unpaired) electrons. The van der Waals surface area contributed by atoms with Gasteiger partial charge in [-0.05, 0) is 37.5 Å². The van der Waals surface area contributed by atoms with Crippen molar-refractivity contribution >= 4 is 18.3 Å². The monoisotopic (exact) mass is 370 g/mol. The summed E-state index contributed by atoms with van der Waals surface area (Å²) in [6.45, 7) is 7.53. The number of amides is 2. The lowest BCUT2D eigenvalue weighted by Crippen LogP contribution is -2.53. The number of nitrogens with zero attached hydrogens (tertiary/aromatic N) is 1. The maximum Gasteiger partial charge on any atom is 0.329 e. The Bertz CT molecular complexity index is 469. The molecule has 1 aliphatic rings. The molecule has 0 aliphatic heterocycles. The standard InChI is InChI=1S/C19H34N2O5/c1-5-6-9-14(12-21(25)13-22)17(23)20-16(19(2,3)4)18(24)26-15-10-7-8-11-15/h13-16,25H,5-12H2,1-4H3,(H,20,23)/t14-,16-/m1/s1. The Morgan fingerprint density at radius 1 is 1.31 bits per heavy atom. The van der Waals surface area contributed by atoms with Gasteiger partial charge >= 0.3 is 5.97 Å². The van der Waals surface area contributed by atoms with Gasteiger partial charge in [0.2, 0.25) is 12.3 Å². The quantitative estimate of drug-likeness (QED) is 0.267. The van der Waals surface area contributed by atoms with Crippen molar-refractivity contribution in [3.05, 3.63) is 0 Å². The topological polar surface area (TPSA) is 95.9 Å². The fourth-order valence-corrected chi connectivity index (χ4v) is 3.15. The zero-order valence-corrected chi connectivity index (χ0v) is 16.5. The van der Waals surface area contributed by atoms with Gasteiger partial charge in [0.25, 0.3) is 0 Å². The van der Waals surface area contributed by atoms with Crippen LogP contribution in [-0.2, 0) is 19.1 Å². The summed E-state index contributed by atoms with van der Waals surface area (Å²) >= 11 is 0. The van der Waals surface area contributed by atoms with Crippen LogP contribution in [0.5, 0.6) is 0 Å². The van der Waals surface area contributed by atoms with Gasteiger partial charge in [-0.3, -0.25) is 14.8 Å². The van der Waals surface area contributed by atoms with E-state index in [1.54, 1.807) is 0 Å². The zero-order chi connectivity index (χ0) is 19.7. The summed E-state index contributed by atoms with van der Waals surface area (Å²) < 4.78 is 5.59. The average Bonchev–Trinajstić information content (AvgIpc) is 3.07. The van der Waals surface area contributed by atoms with E-state index in [4.69, 9.17) is 4.74 Å². The summed E-state index contributed by atoms with van der Waals surface area (Å²) in [7, 11) is 0. The number of esters is 1. The molecule has 0 aromatic heterocycles. The van der Waals surface area contributed by atoms with Crippen LogP contribution in [0.1, 0.15) is 72.6 Å². The Labute approximate surface area is 156 Å². The van der Waals surface area contributed by atoms with Gasteiger partial charge in [0.15, 0.2) is 0 Å². The van der Waals surface area contributed by atoms with Crippen LogP contribution in [0.4, 0.5) is 0 Å². The van der Waals surface area contributed by atoms with Crippen LogP contribution < -0.4 is 5.32 Å². The summed E-state index contributed by atoms with van der Waals surface area (Å²) in [5.74, 6) is -1.33. The molecule has 7 nitrogen and oxygen atoms in total. The van der Waals surface area contributed by atoms with Crippen molar-refractivity contribution in [3.8, 4) is 0 Å². The fraction of sp³-hybridized carbons (Fsp3) is 0.842. The first-order valence-electron chi connectivity index (χ1n) is 9.60. The minimum Gasteiger partial charge on any atom is -0.461 e. The Morgan fingerprint density at radius 3 is 2.42 bits per heavy atom. The van der Waals surface area contributed by atoms with Crippen molar-refractivity contribution in [3.63, 3.8) is 0 Å². The number of ether oxygens (including phenoxy) is 1. The number of hydrogen-bond acceptors (Lipinski definition) is 5. The fourth-order valence-electron chi connectivity index (χ4n) is 3.15. The van der Waals surface area contributed by atoms with Crippen LogP contribution in [0.3, 0.4) is 0 Å². The Hall–Kier alpha value is -1.63. The van der Waals surface area contributed by atoms with E-state index >= 15 is 0 Å². The average molecular weight is 370 g/mol. The summed E-state index contributed by atoms with van der Waals surface area (Å²) in [5, 5.41) is 12.7. The lowest BCUT2D eigenvalue weighted by molar-refractivity contribution is -0.159. The first kappa shape index (κ1) is 22.4. The molecule has 1 fully saturated rings. The number of unbranched alkanes of at least 4 members (excludes halogenated alkanes) is 1. The largest absolute Gasteiger partial charge is 0.461 e. The molecular formula is C19H34N2O5. The SMILES string of the molecule is CCCC[C@H](CN(O)C=O)C(=O)N[C@H](C(=O)OC1CCCC1)C(C)(C)C. The zero-order valence-electron chi connectivity index (χ0n) is 16.5. The third-order valence-corrected chi connectivity index (χ3v) is 4.78. The van der Waals surface area contributed by atoms with Crippen LogP contribution >= 0.6 is 0 Å². The molecule has 0 bridgehead atoms. The van der Waals surface area contributed by atoms with Crippen molar-refractivity contribution in [2.75, 3.05) is 6.54 Å². The van der Waals surface area contributed by atoms with Crippen molar-refractivity contribution in [1.29, 1.82) is 0 Å². The van der Waals surface area contributed by atoms with Crippen LogP contribution in [-0.4, -0.2) is 47.2 Å². The minimum absolute atomic E-state index is 0.0665. The van der Waals surface area contributed by atoms with Gasteiger partial charge in [-0.15, -0.1) is 0 Å². The van der Waals surface area contributed by atoms with E-state index < -0.39 is 23.3 Å². The van der Waals surface area contributed by atoms with Gasteiger partial charge in [-0.25, -0.2) is 9.86 Å². The number of carbonyl (C=O) groups excluding carboxylic acids is 3. The van der Waals surface area contributed by atoms with Gasteiger partial charge in [0.05, 0.1) is 12.5 Å². The number of rotatable bonds is 10. The maximum absolute atomic E-state index is 12.7. The van der Waals surface area contributed by atoms with Crippen molar-refractivity contribution in [1.82, 2.24) is 10.4 Å². The highest BCUT2D eigenvalue weighted by Gasteiger charge is 2.37. The number of hydroxylamine groups is 2. The normalized spacial score (nSPS) is 17.4. The summed E-state index contributed by atoms with van der Waals surface area (Å²) in [6.07, 6.45) is 6.28. The molecule has 1 aliphatic carbocycles. The predicted octanol–water partition coefficient (Wildman–Crippen LogP) is 2.66. The lowest BCUT2D eigenvalue weighted by Gasteiger charge is -2.32. The number of nitrogens with one attached hydrogen (secondary N) is 1. The molecule has 0 unspecified atom stereocenters. The van der Waals surface area contributed by atoms with Crippen LogP contribution in [0.2, 0.25) is 0 Å². The number of hydrogen-bond donors (Lipinski definition) is 2. The van der Waals surface area contributed by atoms with Gasteiger partial charge < -0.3 is 10.1 Å². The van der Waals surface area contributed by atoms with Gasteiger partial charge in [0, 0.05) is 0 Å². The second-order valence-electron chi connectivity index (χ2n) is 8.22. The van der Waals surface area contributed by atoms with E-state index in [9.17, 15) is 19.6 Å². The smallest absolute Gasteiger partial charge is 0.329 e. The summed E-state index contributed by atoms with van der Waals surface area (Å²) in [6, 6.07) is -0.775. The molecule has 0 aromatic carbocycles. The molecule has 0 spiro atoms. The Balaban J connectivity index is 2.80. The second kappa shape index (κ2) is 10.5. The summed E-state index contributed by atoms with van der Waals surface area (Å²) in [5.41, 5.74) is -0.510. The molecule has 150 valence electrons. The molecular weight excluding hydrogens is 336 g/mol. The van der Waals surface area contributed by atoms with Crippen molar-refractivity contribution < 1.29 is 24.3 Å². The molecule has 26 heavy (non-hydrogen) atoms. The minimum atomic E-state index is -0.775. The van der Waals surface area contributed by atoms with Gasteiger partial charge in [0.1, 0.15) is 12.1 Å². The third-order valence-electron chi connectivity index (χ3n) is 4.78. The van der Waals surface area contributed by atoms with Gasteiger partial charge in [-0.1, -0.05) is 40.5 Å². The molecule has 0 saturated heterocycles. The highest BCUT2D eigenvalue weighted by atomic mass is 16.5. The third kappa shape index (κ3) is 7.32. The van der Waals surface area contributed by atoms with Crippen molar-refractivity contribution in [2.45, 2.75) is 84.8 Å². The lowest BCUT2D eigenvalue weighted by atomic mass is 9.86. The van der Waals surface area contributed by atoms with Crippen LogP contribution in [0, 0.1) is 11.3 Å². The molecule has 7 heteroatoms. The molecule has 2 N–H and O–H groups in total. The van der Waals surface area contributed by atoms with E-state index in [1.165, 1.54) is 0 Å². The second-order valence-corrected chi connectivity index (χ2v) is 8.22. The van der Waals surface area contributed by atoms with Crippen LogP contribution in [0.15, 0.2) is 0 Å². The highest BCUT2D eigenvalue weighted by Crippen LogP contribution is 2.26. The molecule has 1 saturated carbocycles. The van der Waals surface area contributed by atoms with E-state index in [0.29, 0.717) is 11.5 Å². The van der Waals surface area contributed by atoms with E-state index in [1.807, 2.05) is 27.7 Å². The van der Waals surface area contributed by atoms with E-state index in [-0.39, 0.29) is 25.0 Å².